The second-order valence-electron chi connectivity index (χ2n) is 7.50. The lowest BCUT2D eigenvalue weighted by molar-refractivity contribution is -0.123. The Balaban J connectivity index is 1.75. The zero-order chi connectivity index (χ0) is 24.3. The first-order valence-electron chi connectivity index (χ1n) is 10.1. The van der Waals surface area contributed by atoms with Gasteiger partial charge in [0, 0.05) is 19.8 Å². The third-order valence-corrected chi connectivity index (χ3v) is 6.77. The maximum atomic E-state index is 12.7. The minimum Gasteiger partial charge on any atom is -0.493 e. The third-order valence-electron chi connectivity index (χ3n) is 4.96. The fourth-order valence-electron chi connectivity index (χ4n) is 3.01. The van der Waals surface area contributed by atoms with Crippen LogP contribution >= 0.6 is 0 Å². The molecule has 1 aliphatic heterocycles. The van der Waals surface area contributed by atoms with E-state index < -0.39 is 28.0 Å². The van der Waals surface area contributed by atoms with E-state index in [0.29, 0.717) is 41.7 Å². The van der Waals surface area contributed by atoms with Crippen molar-refractivity contribution in [2.75, 3.05) is 39.7 Å². The standard InChI is InChI=1S/C22H26N2O8S/c1-13-6-7-16(33(27,28)24(3)4)12-17(13)23-21(25)14(2)32-22(26)15-10-18(29-5)20-19(11-15)30-8-9-31-20/h6-7,10-12,14H,8-9H2,1-5H3,(H,23,25). The predicted molar refractivity (Wildman–Crippen MR) is 120 cm³/mol. The van der Waals surface area contributed by atoms with Gasteiger partial charge in [-0.15, -0.1) is 0 Å². The van der Waals surface area contributed by atoms with E-state index in [2.05, 4.69) is 5.32 Å². The first-order valence-corrected chi connectivity index (χ1v) is 11.5. The van der Waals surface area contributed by atoms with Crippen molar-refractivity contribution < 1.29 is 37.0 Å². The van der Waals surface area contributed by atoms with Gasteiger partial charge in [0.2, 0.25) is 15.8 Å². The summed E-state index contributed by atoms with van der Waals surface area (Å²) in [6.45, 7) is 3.83. The summed E-state index contributed by atoms with van der Waals surface area (Å²) in [5, 5.41) is 2.62. The number of hydrogen-bond donors (Lipinski definition) is 1. The highest BCUT2D eigenvalue weighted by molar-refractivity contribution is 7.89. The monoisotopic (exact) mass is 478 g/mol. The summed E-state index contributed by atoms with van der Waals surface area (Å²) in [5.74, 6) is -0.317. The van der Waals surface area contributed by atoms with Crippen molar-refractivity contribution in [3.8, 4) is 17.2 Å². The maximum absolute atomic E-state index is 12.7. The van der Waals surface area contributed by atoms with Crippen LogP contribution in [-0.2, 0) is 19.6 Å². The number of hydrogen-bond acceptors (Lipinski definition) is 8. The van der Waals surface area contributed by atoms with Crippen LogP contribution in [-0.4, -0.2) is 65.1 Å². The van der Waals surface area contributed by atoms with E-state index in [1.165, 1.54) is 52.4 Å². The van der Waals surface area contributed by atoms with Crippen molar-refractivity contribution in [2.45, 2.75) is 24.8 Å². The zero-order valence-corrected chi connectivity index (χ0v) is 19.8. The Morgan fingerprint density at radius 1 is 1.12 bits per heavy atom. The van der Waals surface area contributed by atoms with E-state index in [9.17, 15) is 18.0 Å². The molecule has 0 bridgehead atoms. The molecule has 0 spiro atoms. The molecular formula is C22H26N2O8S. The number of ether oxygens (including phenoxy) is 4. The molecule has 1 atom stereocenters. The number of esters is 1. The summed E-state index contributed by atoms with van der Waals surface area (Å²) >= 11 is 0. The highest BCUT2D eigenvalue weighted by Crippen LogP contribution is 2.40. The van der Waals surface area contributed by atoms with Crippen molar-refractivity contribution in [1.82, 2.24) is 4.31 Å². The fourth-order valence-corrected chi connectivity index (χ4v) is 3.94. The molecule has 2 aromatic rings. The Kier molecular flexibility index (Phi) is 7.13. The van der Waals surface area contributed by atoms with Crippen LogP contribution in [0.1, 0.15) is 22.8 Å². The van der Waals surface area contributed by atoms with Gasteiger partial charge in [-0.2, -0.15) is 0 Å². The lowest BCUT2D eigenvalue weighted by Gasteiger charge is -2.21. The van der Waals surface area contributed by atoms with Gasteiger partial charge in [0.05, 0.1) is 17.6 Å². The van der Waals surface area contributed by atoms with Crippen molar-refractivity contribution in [3.05, 3.63) is 41.5 Å². The maximum Gasteiger partial charge on any atom is 0.339 e. The minimum atomic E-state index is -3.68. The molecule has 178 valence electrons. The number of nitrogens with one attached hydrogen (secondary N) is 1. The molecule has 1 unspecified atom stereocenters. The van der Waals surface area contributed by atoms with Gasteiger partial charge < -0.3 is 24.3 Å². The predicted octanol–water partition coefficient (Wildman–Crippen LogP) is 2.21. The summed E-state index contributed by atoms with van der Waals surface area (Å²) in [5.41, 5.74) is 1.08. The smallest absolute Gasteiger partial charge is 0.339 e. The van der Waals surface area contributed by atoms with Gasteiger partial charge in [-0.1, -0.05) is 6.07 Å². The Morgan fingerprint density at radius 3 is 2.48 bits per heavy atom. The minimum absolute atomic E-state index is 0.0291. The van der Waals surface area contributed by atoms with E-state index in [0.717, 1.165) is 4.31 Å². The van der Waals surface area contributed by atoms with E-state index >= 15 is 0 Å². The Bertz CT molecular complexity index is 1160. The number of fused-ring (bicyclic) bond motifs is 1. The number of carbonyl (C=O) groups is 2. The molecule has 3 rings (SSSR count). The topological polar surface area (TPSA) is 120 Å². The van der Waals surface area contributed by atoms with Crippen LogP contribution in [0, 0.1) is 6.92 Å². The number of benzene rings is 2. The molecule has 0 fully saturated rings. The Labute approximate surface area is 192 Å². The van der Waals surface area contributed by atoms with Crippen molar-refractivity contribution in [3.63, 3.8) is 0 Å². The molecule has 10 nitrogen and oxygen atoms in total. The van der Waals surface area contributed by atoms with E-state index in [-0.39, 0.29) is 10.5 Å². The summed E-state index contributed by atoms with van der Waals surface area (Å²) in [7, 11) is 0.594. The molecule has 0 saturated carbocycles. The van der Waals surface area contributed by atoms with Crippen molar-refractivity contribution in [2.24, 2.45) is 0 Å². The number of amides is 1. The molecular weight excluding hydrogens is 452 g/mol. The van der Waals surface area contributed by atoms with Crippen molar-refractivity contribution >= 4 is 27.6 Å². The Morgan fingerprint density at radius 2 is 1.82 bits per heavy atom. The largest absolute Gasteiger partial charge is 0.493 e. The zero-order valence-electron chi connectivity index (χ0n) is 19.0. The van der Waals surface area contributed by atoms with Gasteiger partial charge in [-0.3, -0.25) is 4.79 Å². The number of methoxy groups -OCH3 is 1. The van der Waals surface area contributed by atoms with Gasteiger partial charge in [-0.05, 0) is 43.7 Å². The molecule has 1 N–H and O–H groups in total. The molecule has 0 saturated heterocycles. The van der Waals surface area contributed by atoms with Crippen LogP contribution in [0.2, 0.25) is 0 Å². The third kappa shape index (κ3) is 5.20. The quantitative estimate of drug-likeness (QED) is 0.602. The van der Waals surface area contributed by atoms with Gasteiger partial charge in [0.25, 0.3) is 5.91 Å². The summed E-state index contributed by atoms with van der Waals surface area (Å²) in [4.78, 5) is 25.3. The molecule has 0 aliphatic carbocycles. The summed E-state index contributed by atoms with van der Waals surface area (Å²) < 4.78 is 47.4. The van der Waals surface area contributed by atoms with Gasteiger partial charge in [0.15, 0.2) is 17.6 Å². The van der Waals surface area contributed by atoms with Crippen LogP contribution < -0.4 is 19.5 Å². The second-order valence-corrected chi connectivity index (χ2v) is 9.66. The first-order chi connectivity index (χ1) is 15.5. The molecule has 33 heavy (non-hydrogen) atoms. The average molecular weight is 479 g/mol. The first kappa shape index (κ1) is 24.3. The number of anilines is 1. The molecule has 1 heterocycles. The molecule has 1 amide bonds. The fraction of sp³-hybridized carbons (Fsp3) is 0.364. The van der Waals surface area contributed by atoms with Crippen LogP contribution in [0.15, 0.2) is 35.2 Å². The van der Waals surface area contributed by atoms with Crippen LogP contribution in [0.5, 0.6) is 17.2 Å². The van der Waals surface area contributed by atoms with Crippen molar-refractivity contribution in [1.29, 1.82) is 0 Å². The summed E-state index contributed by atoms with van der Waals surface area (Å²) in [6.07, 6.45) is -1.16. The van der Waals surface area contributed by atoms with Gasteiger partial charge >= 0.3 is 5.97 Å². The van der Waals surface area contributed by atoms with Gasteiger partial charge in [0.1, 0.15) is 13.2 Å². The van der Waals surface area contributed by atoms with E-state index in [1.807, 2.05) is 0 Å². The average Bonchev–Trinajstić information content (AvgIpc) is 2.79. The number of sulfonamides is 1. The molecule has 0 radical (unpaired) electrons. The molecule has 11 heteroatoms. The van der Waals surface area contributed by atoms with E-state index in [4.69, 9.17) is 18.9 Å². The highest BCUT2D eigenvalue weighted by Gasteiger charge is 2.25. The van der Waals surface area contributed by atoms with Gasteiger partial charge in [-0.25, -0.2) is 17.5 Å². The Hall–Kier alpha value is -3.31. The number of nitrogens with zero attached hydrogens (tertiary/aromatic N) is 1. The van der Waals surface area contributed by atoms with E-state index in [1.54, 1.807) is 13.0 Å². The SMILES string of the molecule is COc1cc(C(=O)OC(C)C(=O)Nc2cc(S(=O)(=O)N(C)C)ccc2C)cc2c1OCCO2. The molecule has 2 aromatic carbocycles. The van der Waals surface area contributed by atoms with Crippen LogP contribution in [0.4, 0.5) is 5.69 Å². The summed E-state index contributed by atoms with van der Waals surface area (Å²) in [6, 6.07) is 7.32. The lowest BCUT2D eigenvalue weighted by atomic mass is 10.1. The number of rotatable bonds is 7. The number of carbonyl (C=O) groups excluding carboxylic acids is 2. The molecule has 0 aromatic heterocycles. The van der Waals surface area contributed by atoms with Crippen LogP contribution in [0.3, 0.4) is 0 Å². The lowest BCUT2D eigenvalue weighted by Crippen LogP contribution is -2.30. The molecule has 1 aliphatic rings. The number of aryl methyl sites for hydroxylation is 1. The normalized spacial score (nSPS) is 13.9. The highest BCUT2D eigenvalue weighted by atomic mass is 32.2. The van der Waals surface area contributed by atoms with Crippen LogP contribution in [0.25, 0.3) is 0 Å². The second kappa shape index (κ2) is 9.67.